The molecule has 0 aliphatic rings. The van der Waals surface area contributed by atoms with Gasteiger partial charge >= 0.3 is 0 Å². The smallest absolute Gasteiger partial charge is 0.268 e. The van der Waals surface area contributed by atoms with Gasteiger partial charge in [0.15, 0.2) is 0 Å². The Balaban J connectivity index is 2.13. The fraction of sp³-hybridized carbons (Fsp3) is 0. The van der Waals surface area contributed by atoms with Crippen molar-refractivity contribution in [2.75, 3.05) is 0 Å². The Morgan fingerprint density at radius 3 is 2.00 bits per heavy atom. The topological polar surface area (TPSA) is 121 Å². The van der Waals surface area contributed by atoms with Gasteiger partial charge in [-0.25, -0.2) is 4.98 Å². The molecule has 0 aliphatic heterocycles. The maximum Gasteiger partial charge on any atom is 0.278 e. The molecule has 0 aliphatic carbocycles. The van der Waals surface area contributed by atoms with Crippen LogP contribution < -0.4 is 5.56 Å². The molecule has 0 atom stereocenters. The minimum atomic E-state index is -0.738. The third kappa shape index (κ3) is 3.21. The molecule has 142 valence electrons. The number of nitro groups is 2. The SMILES string of the molecule is O=c1c2ccccc2nc(-c2ccccc2)n1-c1cc([N+](=O)[O-])cc([N+](=O)[O-])c1. The van der Waals surface area contributed by atoms with E-state index in [2.05, 4.69) is 4.98 Å². The molecular formula is C20H12N4O5. The van der Waals surface area contributed by atoms with Gasteiger partial charge in [-0.05, 0) is 12.1 Å². The van der Waals surface area contributed by atoms with E-state index < -0.39 is 26.8 Å². The summed E-state index contributed by atoms with van der Waals surface area (Å²) in [5.74, 6) is 0.226. The van der Waals surface area contributed by atoms with E-state index in [1.54, 1.807) is 54.6 Å². The van der Waals surface area contributed by atoms with Crippen LogP contribution in [0.4, 0.5) is 11.4 Å². The highest BCUT2D eigenvalue weighted by Gasteiger charge is 2.21. The second-order valence-corrected chi connectivity index (χ2v) is 6.18. The molecule has 4 rings (SSSR count). The zero-order valence-electron chi connectivity index (χ0n) is 14.8. The van der Waals surface area contributed by atoms with Gasteiger partial charge in [-0.1, -0.05) is 42.5 Å². The number of nitro benzene ring substituents is 2. The van der Waals surface area contributed by atoms with Crippen LogP contribution in [0.15, 0.2) is 77.6 Å². The van der Waals surface area contributed by atoms with Crippen molar-refractivity contribution >= 4 is 22.3 Å². The second-order valence-electron chi connectivity index (χ2n) is 6.18. The van der Waals surface area contributed by atoms with Crippen molar-refractivity contribution in [1.82, 2.24) is 9.55 Å². The Morgan fingerprint density at radius 1 is 0.793 bits per heavy atom. The third-order valence-corrected chi connectivity index (χ3v) is 4.37. The molecular weight excluding hydrogens is 376 g/mol. The average Bonchev–Trinajstić information content (AvgIpc) is 2.74. The van der Waals surface area contributed by atoms with E-state index in [0.29, 0.717) is 16.5 Å². The maximum atomic E-state index is 13.3. The Morgan fingerprint density at radius 2 is 1.38 bits per heavy atom. The van der Waals surface area contributed by atoms with Crippen LogP contribution in [0.3, 0.4) is 0 Å². The molecule has 0 unspecified atom stereocenters. The summed E-state index contributed by atoms with van der Waals surface area (Å²) >= 11 is 0. The van der Waals surface area contributed by atoms with E-state index in [1.165, 1.54) is 0 Å². The normalized spacial score (nSPS) is 10.8. The number of non-ortho nitro benzene ring substituents is 2. The predicted molar refractivity (Wildman–Crippen MR) is 106 cm³/mol. The lowest BCUT2D eigenvalue weighted by Gasteiger charge is -2.14. The Bertz CT molecular complexity index is 1300. The minimum Gasteiger partial charge on any atom is -0.268 e. The van der Waals surface area contributed by atoms with Gasteiger partial charge in [0.1, 0.15) is 5.82 Å². The number of hydrogen-bond donors (Lipinski definition) is 0. The molecule has 1 aromatic heterocycles. The molecule has 0 bridgehead atoms. The Labute approximate surface area is 162 Å². The van der Waals surface area contributed by atoms with Crippen molar-refractivity contribution in [3.05, 3.63) is 103 Å². The Kier molecular flexibility index (Phi) is 4.32. The first-order valence-corrected chi connectivity index (χ1v) is 8.47. The van der Waals surface area contributed by atoms with Crippen molar-refractivity contribution in [2.24, 2.45) is 0 Å². The van der Waals surface area contributed by atoms with E-state index in [-0.39, 0.29) is 11.5 Å². The van der Waals surface area contributed by atoms with Gasteiger partial charge in [-0.3, -0.25) is 29.6 Å². The summed E-state index contributed by atoms with van der Waals surface area (Å²) in [6, 6.07) is 18.6. The number of nitrogens with zero attached hydrogens (tertiary/aromatic N) is 4. The van der Waals surface area contributed by atoms with Gasteiger partial charge in [0.05, 0.1) is 32.5 Å². The first-order valence-electron chi connectivity index (χ1n) is 8.47. The van der Waals surface area contributed by atoms with Crippen molar-refractivity contribution in [1.29, 1.82) is 0 Å². The summed E-state index contributed by atoms with van der Waals surface area (Å²) in [5.41, 5.74) is -0.434. The summed E-state index contributed by atoms with van der Waals surface area (Å²) < 4.78 is 1.16. The maximum absolute atomic E-state index is 13.3. The molecule has 0 radical (unpaired) electrons. The van der Waals surface area contributed by atoms with Gasteiger partial charge in [0.2, 0.25) is 0 Å². The third-order valence-electron chi connectivity index (χ3n) is 4.37. The van der Waals surface area contributed by atoms with Crippen LogP contribution >= 0.6 is 0 Å². The minimum absolute atomic E-state index is 0.00648. The van der Waals surface area contributed by atoms with Crippen LogP contribution in [0.5, 0.6) is 0 Å². The lowest BCUT2D eigenvalue weighted by Crippen LogP contribution is -2.22. The molecule has 0 saturated carbocycles. The van der Waals surface area contributed by atoms with Gasteiger partial charge in [-0.2, -0.15) is 0 Å². The quantitative estimate of drug-likeness (QED) is 0.386. The molecule has 9 heteroatoms. The van der Waals surface area contributed by atoms with Crippen LogP contribution in [0.25, 0.3) is 28.0 Å². The first-order chi connectivity index (χ1) is 14.0. The zero-order valence-corrected chi connectivity index (χ0v) is 14.8. The highest BCUT2D eigenvalue weighted by Crippen LogP contribution is 2.28. The van der Waals surface area contributed by atoms with E-state index in [4.69, 9.17) is 0 Å². The predicted octanol–water partition coefficient (Wildman–Crippen LogP) is 3.87. The van der Waals surface area contributed by atoms with Gasteiger partial charge in [0, 0.05) is 17.7 Å². The van der Waals surface area contributed by atoms with E-state index in [0.717, 1.165) is 22.8 Å². The van der Waals surface area contributed by atoms with Crippen LogP contribution in [-0.4, -0.2) is 19.4 Å². The number of benzene rings is 3. The monoisotopic (exact) mass is 388 g/mol. The lowest BCUT2D eigenvalue weighted by atomic mass is 10.1. The molecule has 0 fully saturated rings. The van der Waals surface area contributed by atoms with Gasteiger partial charge < -0.3 is 0 Å². The average molecular weight is 388 g/mol. The van der Waals surface area contributed by atoms with Crippen molar-refractivity contribution in [3.63, 3.8) is 0 Å². The number of aromatic nitrogens is 2. The second kappa shape index (κ2) is 6.97. The van der Waals surface area contributed by atoms with E-state index >= 15 is 0 Å². The van der Waals surface area contributed by atoms with Crippen molar-refractivity contribution < 1.29 is 9.85 Å². The van der Waals surface area contributed by atoms with Crippen LogP contribution in [-0.2, 0) is 0 Å². The molecule has 0 N–H and O–H groups in total. The molecule has 0 amide bonds. The van der Waals surface area contributed by atoms with Crippen molar-refractivity contribution in [3.8, 4) is 17.1 Å². The molecule has 29 heavy (non-hydrogen) atoms. The summed E-state index contributed by atoms with van der Waals surface area (Å²) in [5, 5.41) is 22.9. The highest BCUT2D eigenvalue weighted by molar-refractivity contribution is 5.80. The summed E-state index contributed by atoms with van der Waals surface area (Å²) in [7, 11) is 0. The molecule has 0 spiro atoms. The summed E-state index contributed by atoms with van der Waals surface area (Å²) in [6.07, 6.45) is 0. The fourth-order valence-electron chi connectivity index (χ4n) is 3.07. The molecule has 9 nitrogen and oxygen atoms in total. The number of hydrogen-bond acceptors (Lipinski definition) is 6. The molecule has 0 saturated heterocycles. The fourth-order valence-corrected chi connectivity index (χ4v) is 3.07. The number of rotatable bonds is 4. The standard InChI is InChI=1S/C20H12N4O5/c25-20-17-8-4-5-9-18(17)21-19(13-6-2-1-3-7-13)22(20)14-10-15(23(26)27)12-16(11-14)24(28)29/h1-12H. The first kappa shape index (κ1) is 18.0. The lowest BCUT2D eigenvalue weighted by molar-refractivity contribution is -0.394. The zero-order chi connectivity index (χ0) is 20.5. The van der Waals surface area contributed by atoms with Gasteiger partial charge in [0.25, 0.3) is 16.9 Å². The summed E-state index contributed by atoms with van der Waals surface area (Å²) in [4.78, 5) is 38.9. The molecule has 1 heterocycles. The van der Waals surface area contributed by atoms with Crippen LogP contribution in [0.2, 0.25) is 0 Å². The molecule has 4 aromatic rings. The van der Waals surface area contributed by atoms with Crippen LogP contribution in [0.1, 0.15) is 0 Å². The highest BCUT2D eigenvalue weighted by atomic mass is 16.6. The number of para-hydroxylation sites is 1. The van der Waals surface area contributed by atoms with E-state index in [1.807, 2.05) is 0 Å². The number of fused-ring (bicyclic) bond motifs is 1. The van der Waals surface area contributed by atoms with Crippen molar-refractivity contribution in [2.45, 2.75) is 0 Å². The molecule has 3 aromatic carbocycles. The largest absolute Gasteiger partial charge is 0.278 e. The van der Waals surface area contributed by atoms with Gasteiger partial charge in [-0.15, -0.1) is 0 Å². The van der Waals surface area contributed by atoms with E-state index in [9.17, 15) is 25.0 Å². The summed E-state index contributed by atoms with van der Waals surface area (Å²) in [6.45, 7) is 0. The van der Waals surface area contributed by atoms with Crippen LogP contribution in [0, 0.1) is 20.2 Å². The Hall–Kier alpha value is -4.40.